The average molecular weight is 327 g/mol. The standard InChI is InChI=1S/C13H14ClF3O4/c1-20-9-6-8(13(15,16)17)10(12(19)21-2)11(18)7(9)4-3-5-14/h6,18H,3-5H2,1-2H3. The lowest BCUT2D eigenvalue weighted by Crippen LogP contribution is -2.16. The normalized spacial score (nSPS) is 11.3. The van der Waals surface area contributed by atoms with Crippen molar-refractivity contribution in [2.45, 2.75) is 19.0 Å². The smallest absolute Gasteiger partial charge is 0.417 e. The maximum Gasteiger partial charge on any atom is 0.417 e. The molecule has 8 heteroatoms. The van der Waals surface area contributed by atoms with E-state index in [9.17, 15) is 23.1 Å². The third kappa shape index (κ3) is 3.72. The van der Waals surface area contributed by atoms with Crippen LogP contribution in [0.5, 0.6) is 11.5 Å². The minimum absolute atomic E-state index is 0.0894. The second-order valence-electron chi connectivity index (χ2n) is 4.11. The zero-order chi connectivity index (χ0) is 16.2. The van der Waals surface area contributed by atoms with Crippen LogP contribution in [0.2, 0.25) is 0 Å². The zero-order valence-electron chi connectivity index (χ0n) is 11.4. The highest BCUT2D eigenvalue weighted by Gasteiger charge is 2.39. The molecule has 118 valence electrons. The van der Waals surface area contributed by atoms with Crippen LogP contribution in [0.4, 0.5) is 13.2 Å². The Morgan fingerprint density at radius 1 is 1.38 bits per heavy atom. The van der Waals surface area contributed by atoms with Gasteiger partial charge in [-0.15, -0.1) is 11.6 Å². The van der Waals surface area contributed by atoms with Gasteiger partial charge in [0.25, 0.3) is 0 Å². The largest absolute Gasteiger partial charge is 0.507 e. The Morgan fingerprint density at radius 3 is 2.43 bits per heavy atom. The summed E-state index contributed by atoms with van der Waals surface area (Å²) >= 11 is 5.54. The number of halogens is 4. The number of ether oxygens (including phenoxy) is 2. The average Bonchev–Trinajstić information content (AvgIpc) is 2.43. The molecule has 0 aliphatic carbocycles. The van der Waals surface area contributed by atoms with E-state index in [1.165, 1.54) is 7.11 Å². The van der Waals surface area contributed by atoms with Crippen molar-refractivity contribution in [1.82, 2.24) is 0 Å². The molecule has 0 fully saturated rings. The SMILES string of the molecule is COC(=O)c1c(C(F)(F)F)cc(OC)c(CCCCl)c1O. The van der Waals surface area contributed by atoms with Crippen molar-refractivity contribution in [2.24, 2.45) is 0 Å². The first-order valence-electron chi connectivity index (χ1n) is 5.92. The first-order chi connectivity index (χ1) is 9.77. The number of esters is 1. The number of alkyl halides is 4. The van der Waals surface area contributed by atoms with Crippen LogP contribution < -0.4 is 4.74 Å². The third-order valence-electron chi connectivity index (χ3n) is 2.84. The van der Waals surface area contributed by atoms with Crippen molar-refractivity contribution in [1.29, 1.82) is 0 Å². The molecular weight excluding hydrogens is 313 g/mol. The molecule has 0 saturated carbocycles. The molecule has 1 aromatic rings. The van der Waals surface area contributed by atoms with Gasteiger partial charge in [0.2, 0.25) is 0 Å². The van der Waals surface area contributed by atoms with Gasteiger partial charge in [0.1, 0.15) is 17.1 Å². The Morgan fingerprint density at radius 2 is 2.00 bits per heavy atom. The van der Waals surface area contributed by atoms with Gasteiger partial charge in [0.15, 0.2) is 0 Å². The number of phenolic OH excluding ortho intramolecular Hbond substituents is 1. The number of aromatic hydroxyl groups is 1. The lowest BCUT2D eigenvalue weighted by Gasteiger charge is -2.18. The second-order valence-corrected chi connectivity index (χ2v) is 4.49. The third-order valence-corrected chi connectivity index (χ3v) is 3.11. The minimum atomic E-state index is -4.83. The lowest BCUT2D eigenvalue weighted by atomic mass is 9.97. The molecule has 4 nitrogen and oxygen atoms in total. The fourth-order valence-corrected chi connectivity index (χ4v) is 2.02. The van der Waals surface area contributed by atoms with Crippen LogP contribution in [-0.4, -0.2) is 31.2 Å². The molecule has 0 aliphatic heterocycles. The molecule has 0 aliphatic rings. The topological polar surface area (TPSA) is 55.8 Å². The minimum Gasteiger partial charge on any atom is -0.507 e. The molecule has 1 N–H and O–H groups in total. The number of phenols is 1. The van der Waals surface area contributed by atoms with Gasteiger partial charge in [0.05, 0.1) is 19.8 Å². The van der Waals surface area contributed by atoms with Crippen LogP contribution in [-0.2, 0) is 17.3 Å². The summed E-state index contributed by atoms with van der Waals surface area (Å²) in [5.41, 5.74) is -2.14. The summed E-state index contributed by atoms with van der Waals surface area (Å²) in [7, 11) is 2.11. The van der Waals surface area contributed by atoms with Crippen molar-refractivity contribution < 1.29 is 32.5 Å². The van der Waals surface area contributed by atoms with E-state index < -0.39 is 29.0 Å². The molecule has 0 saturated heterocycles. The fraction of sp³-hybridized carbons (Fsp3) is 0.462. The lowest BCUT2D eigenvalue weighted by molar-refractivity contribution is -0.138. The highest BCUT2D eigenvalue weighted by Crippen LogP contribution is 2.42. The van der Waals surface area contributed by atoms with Crippen molar-refractivity contribution in [2.75, 3.05) is 20.1 Å². The van der Waals surface area contributed by atoms with Gasteiger partial charge < -0.3 is 14.6 Å². The van der Waals surface area contributed by atoms with E-state index in [0.29, 0.717) is 12.5 Å². The van der Waals surface area contributed by atoms with Gasteiger partial charge in [-0.25, -0.2) is 4.79 Å². The summed E-state index contributed by atoms with van der Waals surface area (Å²) in [6, 6.07) is 0.676. The zero-order valence-corrected chi connectivity index (χ0v) is 12.1. The summed E-state index contributed by atoms with van der Waals surface area (Å²) in [5, 5.41) is 10.0. The molecule has 1 aromatic carbocycles. The van der Waals surface area contributed by atoms with Crippen LogP contribution in [0.1, 0.15) is 27.9 Å². The first-order valence-corrected chi connectivity index (χ1v) is 6.45. The number of carbonyl (C=O) groups excluding carboxylic acids is 1. The van der Waals surface area contributed by atoms with E-state index in [2.05, 4.69) is 4.74 Å². The monoisotopic (exact) mass is 326 g/mol. The van der Waals surface area contributed by atoms with Gasteiger partial charge in [-0.2, -0.15) is 13.2 Å². The molecule has 0 aromatic heterocycles. The molecule has 1 rings (SSSR count). The fourth-order valence-electron chi connectivity index (χ4n) is 1.89. The van der Waals surface area contributed by atoms with Gasteiger partial charge in [-0.1, -0.05) is 0 Å². The number of methoxy groups -OCH3 is 2. The predicted octanol–water partition coefficient (Wildman–Crippen LogP) is 3.38. The molecule has 0 spiro atoms. The molecule has 0 heterocycles. The van der Waals surface area contributed by atoms with Crippen LogP contribution >= 0.6 is 11.6 Å². The van der Waals surface area contributed by atoms with E-state index in [4.69, 9.17) is 16.3 Å². The number of hydrogen-bond donors (Lipinski definition) is 1. The van der Waals surface area contributed by atoms with E-state index in [-0.39, 0.29) is 23.6 Å². The second kappa shape index (κ2) is 6.89. The molecule has 0 radical (unpaired) electrons. The van der Waals surface area contributed by atoms with Crippen molar-refractivity contribution in [3.8, 4) is 11.5 Å². The van der Waals surface area contributed by atoms with Crippen LogP contribution in [0.3, 0.4) is 0 Å². The molecule has 0 bridgehead atoms. The highest BCUT2D eigenvalue weighted by molar-refractivity contribution is 6.17. The van der Waals surface area contributed by atoms with E-state index in [0.717, 1.165) is 7.11 Å². The molecule has 0 unspecified atom stereocenters. The maximum absolute atomic E-state index is 13.0. The quantitative estimate of drug-likeness (QED) is 0.666. The molecule has 0 atom stereocenters. The van der Waals surface area contributed by atoms with Gasteiger partial charge >= 0.3 is 12.1 Å². The summed E-state index contributed by atoms with van der Waals surface area (Å²) < 4.78 is 48.3. The first kappa shape index (κ1) is 17.4. The molecule has 21 heavy (non-hydrogen) atoms. The van der Waals surface area contributed by atoms with Gasteiger partial charge in [-0.3, -0.25) is 0 Å². The van der Waals surface area contributed by atoms with E-state index in [1.807, 2.05) is 0 Å². The summed E-state index contributed by atoms with van der Waals surface area (Å²) in [6.45, 7) is 0. The summed E-state index contributed by atoms with van der Waals surface area (Å²) in [5.74, 6) is -1.97. The van der Waals surface area contributed by atoms with Gasteiger partial charge in [-0.05, 0) is 18.9 Å². The maximum atomic E-state index is 13.0. The predicted molar refractivity (Wildman–Crippen MR) is 70.0 cm³/mol. The van der Waals surface area contributed by atoms with Crippen LogP contribution in [0.25, 0.3) is 0 Å². The van der Waals surface area contributed by atoms with Crippen LogP contribution in [0.15, 0.2) is 6.07 Å². The summed E-state index contributed by atoms with van der Waals surface area (Å²) in [4.78, 5) is 11.6. The number of hydrogen-bond acceptors (Lipinski definition) is 4. The van der Waals surface area contributed by atoms with E-state index in [1.54, 1.807) is 0 Å². The Hall–Kier alpha value is -1.63. The summed E-state index contributed by atoms with van der Waals surface area (Å²) in [6.07, 6.45) is -4.27. The van der Waals surface area contributed by atoms with Crippen molar-refractivity contribution in [3.05, 3.63) is 22.8 Å². The van der Waals surface area contributed by atoms with Crippen molar-refractivity contribution >= 4 is 17.6 Å². The number of benzene rings is 1. The van der Waals surface area contributed by atoms with Crippen LogP contribution in [0, 0.1) is 0 Å². The number of carbonyl (C=O) groups is 1. The molecular formula is C13H14ClF3O4. The Labute approximate surface area is 124 Å². The number of rotatable bonds is 5. The van der Waals surface area contributed by atoms with Crippen molar-refractivity contribution in [3.63, 3.8) is 0 Å². The molecule has 0 amide bonds. The highest BCUT2D eigenvalue weighted by atomic mass is 35.5. The Balaban J connectivity index is 3.60. The Bertz CT molecular complexity index is 529. The van der Waals surface area contributed by atoms with E-state index >= 15 is 0 Å². The Kier molecular flexibility index (Phi) is 5.71. The van der Waals surface area contributed by atoms with Gasteiger partial charge in [0, 0.05) is 11.4 Å².